The summed E-state index contributed by atoms with van der Waals surface area (Å²) < 4.78 is 11.9. The van der Waals surface area contributed by atoms with E-state index in [1.54, 1.807) is 6.92 Å². The minimum atomic E-state index is -0.156. The average Bonchev–Trinajstić information content (AvgIpc) is 3.32. The zero-order valence-corrected chi connectivity index (χ0v) is 25.0. The van der Waals surface area contributed by atoms with Crippen LogP contribution < -0.4 is 15.4 Å². The first-order chi connectivity index (χ1) is 19.9. The van der Waals surface area contributed by atoms with Gasteiger partial charge in [-0.2, -0.15) is 0 Å². The number of benzene rings is 1. The van der Waals surface area contributed by atoms with Crippen molar-refractivity contribution < 1.29 is 9.47 Å². The maximum Gasteiger partial charge on any atom is 0.135 e. The van der Waals surface area contributed by atoms with Gasteiger partial charge in [-0.3, -0.25) is 15.3 Å². The predicted molar refractivity (Wildman–Crippen MR) is 166 cm³/mol. The van der Waals surface area contributed by atoms with Gasteiger partial charge in [0.05, 0.1) is 12.1 Å². The molecule has 222 valence electrons. The Morgan fingerprint density at radius 3 is 2.66 bits per heavy atom. The van der Waals surface area contributed by atoms with Crippen LogP contribution in [0.2, 0.25) is 0 Å². The molecule has 4 aliphatic heterocycles. The summed E-state index contributed by atoms with van der Waals surface area (Å²) in [4.78, 5) is 14.4. The second-order valence-corrected chi connectivity index (χ2v) is 11.8. The van der Waals surface area contributed by atoms with Gasteiger partial charge in [-0.15, -0.1) is 0 Å². The van der Waals surface area contributed by atoms with Crippen LogP contribution in [0.5, 0.6) is 5.75 Å². The van der Waals surface area contributed by atoms with E-state index >= 15 is 0 Å². The number of fused-ring (bicyclic) bond motifs is 3. The van der Waals surface area contributed by atoms with Crippen molar-refractivity contribution in [1.29, 1.82) is 10.8 Å². The van der Waals surface area contributed by atoms with Gasteiger partial charge in [0.2, 0.25) is 0 Å². The third-order valence-corrected chi connectivity index (χ3v) is 8.44. The van der Waals surface area contributed by atoms with Crippen LogP contribution in [0, 0.1) is 16.7 Å². The lowest BCUT2D eigenvalue weighted by Gasteiger charge is -2.40. The summed E-state index contributed by atoms with van der Waals surface area (Å²) in [5, 5.41) is 23.2. The number of amidine groups is 3. The van der Waals surface area contributed by atoms with E-state index < -0.39 is 0 Å². The Balaban J connectivity index is 1.43. The molecule has 4 aliphatic rings. The number of rotatable bonds is 7. The summed E-state index contributed by atoms with van der Waals surface area (Å²) in [6.45, 7) is 11.7. The molecule has 1 aromatic rings. The maximum atomic E-state index is 8.42. The van der Waals surface area contributed by atoms with E-state index in [1.165, 1.54) is 6.21 Å². The molecule has 0 amide bonds. The molecule has 2 saturated heterocycles. The second kappa shape index (κ2) is 13.2. The average molecular weight is 563 g/mol. The maximum absolute atomic E-state index is 8.42. The van der Waals surface area contributed by atoms with E-state index in [0.717, 1.165) is 98.3 Å². The fraction of sp³-hybridized carbons (Fsp3) is 0.613. The molecule has 10 nitrogen and oxygen atoms in total. The lowest BCUT2D eigenvalue weighted by atomic mass is 9.88. The molecule has 0 aromatic heterocycles. The molecule has 2 atom stereocenters. The molecule has 2 fully saturated rings. The van der Waals surface area contributed by atoms with E-state index in [-0.39, 0.29) is 17.9 Å². The minimum absolute atomic E-state index is 0.156. The Morgan fingerprint density at radius 2 is 1.95 bits per heavy atom. The van der Waals surface area contributed by atoms with Crippen LogP contribution in [0.1, 0.15) is 57.6 Å². The summed E-state index contributed by atoms with van der Waals surface area (Å²) >= 11 is 0. The van der Waals surface area contributed by atoms with Crippen molar-refractivity contribution in [3.05, 3.63) is 35.0 Å². The summed E-state index contributed by atoms with van der Waals surface area (Å²) in [6, 6.07) is 6.90. The molecule has 41 heavy (non-hydrogen) atoms. The highest BCUT2D eigenvalue weighted by atomic mass is 16.5. The van der Waals surface area contributed by atoms with Gasteiger partial charge in [0, 0.05) is 68.8 Å². The molecule has 1 aromatic carbocycles. The molecule has 2 unspecified atom stereocenters. The number of ether oxygens (including phenoxy) is 2. The smallest absolute Gasteiger partial charge is 0.135 e. The monoisotopic (exact) mass is 562 g/mol. The van der Waals surface area contributed by atoms with Crippen LogP contribution in [0.3, 0.4) is 0 Å². The number of nitrogens with zero attached hydrogens (tertiary/aromatic N) is 4. The fourth-order valence-electron chi connectivity index (χ4n) is 6.59. The van der Waals surface area contributed by atoms with Crippen LogP contribution >= 0.6 is 0 Å². The highest BCUT2D eigenvalue weighted by Gasteiger charge is 2.34. The Kier molecular flexibility index (Phi) is 9.39. The molecular weight excluding hydrogens is 516 g/mol. The number of aliphatic imine (C=N–C) groups is 2. The molecule has 4 heterocycles. The number of hydrogen-bond acceptors (Lipinski definition) is 8. The van der Waals surface area contributed by atoms with Crippen LogP contribution in [0.25, 0.3) is 5.57 Å². The van der Waals surface area contributed by atoms with Gasteiger partial charge in [-0.05, 0) is 70.7 Å². The molecular formula is C31H46N8O2. The first-order valence-electron chi connectivity index (χ1n) is 15.1. The number of hydrogen-bond donors (Lipinski definition) is 4. The summed E-state index contributed by atoms with van der Waals surface area (Å²) in [5.41, 5.74) is 4.00. The van der Waals surface area contributed by atoms with Gasteiger partial charge in [0.15, 0.2) is 0 Å². The fourth-order valence-corrected chi connectivity index (χ4v) is 6.59. The number of piperidine rings is 1. The Morgan fingerprint density at radius 1 is 1.15 bits per heavy atom. The van der Waals surface area contributed by atoms with E-state index in [0.29, 0.717) is 25.1 Å². The van der Waals surface area contributed by atoms with Crippen LogP contribution in [-0.4, -0.2) is 105 Å². The van der Waals surface area contributed by atoms with Crippen molar-refractivity contribution in [2.45, 2.75) is 64.6 Å². The lowest BCUT2D eigenvalue weighted by molar-refractivity contribution is 0.0206. The van der Waals surface area contributed by atoms with Crippen LogP contribution in [0.4, 0.5) is 0 Å². The molecule has 0 radical (unpaired) electrons. The zero-order chi connectivity index (χ0) is 28.9. The molecule has 4 N–H and O–H groups in total. The number of nitrogens with one attached hydrogen (secondary N) is 4. The highest BCUT2D eigenvalue weighted by Crippen LogP contribution is 2.34. The summed E-state index contributed by atoms with van der Waals surface area (Å²) in [7, 11) is 1.98. The lowest BCUT2D eigenvalue weighted by Crippen LogP contribution is -2.46. The molecule has 10 heteroatoms. The van der Waals surface area contributed by atoms with Crippen molar-refractivity contribution >= 4 is 29.3 Å². The van der Waals surface area contributed by atoms with Crippen molar-refractivity contribution in [3.8, 4) is 5.75 Å². The quantitative estimate of drug-likeness (QED) is 0.299. The second-order valence-electron chi connectivity index (χ2n) is 11.8. The predicted octanol–water partition coefficient (Wildman–Crippen LogP) is 3.37. The molecule has 0 bridgehead atoms. The van der Waals surface area contributed by atoms with Crippen molar-refractivity contribution in [3.63, 3.8) is 0 Å². The highest BCUT2D eigenvalue weighted by molar-refractivity contribution is 6.11. The van der Waals surface area contributed by atoms with Crippen molar-refractivity contribution in [2.75, 3.05) is 53.0 Å². The largest absolute Gasteiger partial charge is 0.491 e. The van der Waals surface area contributed by atoms with E-state index in [4.69, 9.17) is 25.3 Å². The topological polar surface area (TPSA) is 121 Å². The van der Waals surface area contributed by atoms with Crippen LogP contribution in [-0.2, 0) is 4.74 Å². The van der Waals surface area contributed by atoms with E-state index in [1.807, 2.05) is 7.05 Å². The number of likely N-dealkylation sites (tertiary alicyclic amines) is 1. The standard InChI is InChI=1S/C31H46N8O2/c1-20(2)35-30(36-21(3)33)27-19-39-12-15-41-28-16-22(7-8-25(28)31(39)37-27)26(17-32)29(34-4)23-6-5-11-38(18-23)24-9-13-40-14-10-24/h7-8,16-17,20,23-24,27,32,34H,5-6,9-15,18-19H2,1-4H3,(H2,33,35,36)/b29-26+,32-17?. The van der Waals surface area contributed by atoms with Crippen molar-refractivity contribution in [2.24, 2.45) is 15.9 Å². The van der Waals surface area contributed by atoms with Gasteiger partial charge in [-0.1, -0.05) is 6.07 Å². The van der Waals surface area contributed by atoms with Crippen molar-refractivity contribution in [1.82, 2.24) is 20.4 Å². The Bertz CT molecular complexity index is 1220. The minimum Gasteiger partial charge on any atom is -0.491 e. The van der Waals surface area contributed by atoms with E-state index in [9.17, 15) is 0 Å². The molecule has 5 rings (SSSR count). The normalized spacial score (nSPS) is 24.5. The first kappa shape index (κ1) is 29.3. The summed E-state index contributed by atoms with van der Waals surface area (Å²) in [5.74, 6) is 3.06. The van der Waals surface area contributed by atoms with Gasteiger partial charge in [-0.25, -0.2) is 4.99 Å². The van der Waals surface area contributed by atoms with Gasteiger partial charge >= 0.3 is 0 Å². The van der Waals surface area contributed by atoms with Gasteiger partial charge in [0.1, 0.15) is 35.9 Å². The Labute approximate surface area is 244 Å². The van der Waals surface area contributed by atoms with Crippen LogP contribution in [0.15, 0.2) is 33.9 Å². The third kappa shape index (κ3) is 6.64. The van der Waals surface area contributed by atoms with Gasteiger partial charge < -0.3 is 30.4 Å². The summed E-state index contributed by atoms with van der Waals surface area (Å²) in [6.07, 6.45) is 5.98. The first-order valence-corrected chi connectivity index (χ1v) is 15.1. The van der Waals surface area contributed by atoms with E-state index in [2.05, 4.69) is 57.5 Å². The van der Waals surface area contributed by atoms with Gasteiger partial charge in [0.25, 0.3) is 0 Å². The molecule has 0 aliphatic carbocycles. The Hall–Kier alpha value is -3.24. The zero-order valence-electron chi connectivity index (χ0n) is 25.0. The number of allylic oxidation sites excluding steroid dienone is 1. The third-order valence-electron chi connectivity index (χ3n) is 8.44. The molecule has 0 spiro atoms. The molecule has 0 saturated carbocycles. The SMILES string of the molecule is CN/C(=C(\C=N)c1ccc2c(c1)OCCN1CC(/C(=N/C(C)=N)NC(C)C)N=C21)C1CCCN(C2CCOCC2)C1.